The Morgan fingerprint density at radius 3 is 2.08 bits per heavy atom. The van der Waals surface area contributed by atoms with Gasteiger partial charge in [0, 0.05) is 11.3 Å². The zero-order valence-corrected chi connectivity index (χ0v) is 12.9. The van der Waals surface area contributed by atoms with E-state index >= 15 is 0 Å². The summed E-state index contributed by atoms with van der Waals surface area (Å²) >= 11 is 0. The highest BCUT2D eigenvalue weighted by Crippen LogP contribution is 2.34. The van der Waals surface area contributed by atoms with Crippen LogP contribution in [0.4, 0.5) is 5.69 Å². The third-order valence-corrected chi connectivity index (χ3v) is 4.35. The lowest BCUT2D eigenvalue weighted by Crippen LogP contribution is -2.38. The fourth-order valence-corrected chi connectivity index (χ4v) is 3.09. The maximum absolute atomic E-state index is 12.3. The van der Waals surface area contributed by atoms with Crippen LogP contribution < -0.4 is 11.1 Å². The maximum atomic E-state index is 12.3. The number of primary amides is 1. The Morgan fingerprint density at radius 2 is 1.58 bits per heavy atom. The van der Waals surface area contributed by atoms with Crippen molar-refractivity contribution in [3.8, 4) is 0 Å². The standard InChI is InChI=1S/C17H17N3O4/c18-15(22)10-5-7-11(8-6-10)19-14(21)9-20-16(23)12-3-1-2-4-13(12)17(20)24/h1-2,5-8,12-13H,3-4,9H2,(H2,18,22)(H,19,21)/t12-,13-/m1/s1. The van der Waals surface area contributed by atoms with Gasteiger partial charge in [-0.15, -0.1) is 0 Å². The number of rotatable bonds is 4. The molecule has 0 unspecified atom stereocenters. The van der Waals surface area contributed by atoms with E-state index in [1.807, 2.05) is 12.2 Å². The van der Waals surface area contributed by atoms with Crippen molar-refractivity contribution in [3.05, 3.63) is 42.0 Å². The molecule has 24 heavy (non-hydrogen) atoms. The minimum atomic E-state index is -0.558. The number of fused-ring (bicyclic) bond motifs is 1. The second-order valence-corrected chi connectivity index (χ2v) is 5.91. The molecule has 1 heterocycles. The number of benzene rings is 1. The summed E-state index contributed by atoms with van der Waals surface area (Å²) in [4.78, 5) is 48.8. The van der Waals surface area contributed by atoms with Crippen LogP contribution >= 0.6 is 0 Å². The Balaban J connectivity index is 1.63. The summed E-state index contributed by atoms with van der Waals surface area (Å²) in [6.07, 6.45) is 4.89. The van der Waals surface area contributed by atoms with Crippen molar-refractivity contribution in [3.63, 3.8) is 0 Å². The molecule has 0 aromatic heterocycles. The molecule has 7 nitrogen and oxygen atoms in total. The van der Waals surface area contributed by atoms with Gasteiger partial charge in [0.2, 0.25) is 23.6 Å². The molecule has 1 aromatic carbocycles. The molecule has 0 bridgehead atoms. The molecule has 1 aliphatic heterocycles. The van der Waals surface area contributed by atoms with E-state index in [9.17, 15) is 19.2 Å². The zero-order valence-electron chi connectivity index (χ0n) is 12.9. The summed E-state index contributed by atoms with van der Waals surface area (Å²) in [7, 11) is 0. The number of imide groups is 1. The minimum Gasteiger partial charge on any atom is -0.366 e. The number of nitrogens with two attached hydrogens (primary N) is 1. The van der Waals surface area contributed by atoms with Crippen molar-refractivity contribution >= 4 is 29.3 Å². The summed E-state index contributed by atoms with van der Waals surface area (Å²) < 4.78 is 0. The van der Waals surface area contributed by atoms with Crippen LogP contribution in [0.15, 0.2) is 36.4 Å². The topological polar surface area (TPSA) is 110 Å². The highest BCUT2D eigenvalue weighted by Gasteiger charge is 2.47. The summed E-state index contributed by atoms with van der Waals surface area (Å²) in [5.74, 6) is -2.27. The fraction of sp³-hybridized carbons (Fsp3) is 0.294. The van der Waals surface area contributed by atoms with Crippen molar-refractivity contribution in [1.29, 1.82) is 0 Å². The van der Waals surface area contributed by atoms with Crippen LogP contribution in [0, 0.1) is 11.8 Å². The predicted molar refractivity (Wildman–Crippen MR) is 85.7 cm³/mol. The molecule has 1 fully saturated rings. The van der Waals surface area contributed by atoms with Gasteiger partial charge in [0.15, 0.2) is 0 Å². The van der Waals surface area contributed by atoms with Crippen LogP contribution in [0.1, 0.15) is 23.2 Å². The summed E-state index contributed by atoms with van der Waals surface area (Å²) in [6, 6.07) is 6.05. The van der Waals surface area contributed by atoms with Gasteiger partial charge >= 0.3 is 0 Å². The molecular weight excluding hydrogens is 310 g/mol. The van der Waals surface area contributed by atoms with Crippen LogP contribution in [-0.4, -0.2) is 35.1 Å². The number of hydrogen-bond acceptors (Lipinski definition) is 4. The van der Waals surface area contributed by atoms with Gasteiger partial charge in [-0.3, -0.25) is 24.1 Å². The van der Waals surface area contributed by atoms with Crippen molar-refractivity contribution < 1.29 is 19.2 Å². The first-order valence-corrected chi connectivity index (χ1v) is 7.67. The Labute approximate surface area is 138 Å². The van der Waals surface area contributed by atoms with E-state index in [1.165, 1.54) is 24.3 Å². The average Bonchev–Trinajstić information content (AvgIpc) is 2.81. The van der Waals surface area contributed by atoms with Crippen molar-refractivity contribution in [2.75, 3.05) is 11.9 Å². The quantitative estimate of drug-likeness (QED) is 0.626. The van der Waals surface area contributed by atoms with Crippen LogP contribution in [0.2, 0.25) is 0 Å². The van der Waals surface area contributed by atoms with Crippen LogP contribution in [-0.2, 0) is 14.4 Å². The minimum absolute atomic E-state index is 0.284. The number of nitrogens with one attached hydrogen (secondary N) is 1. The molecule has 3 N–H and O–H groups in total. The number of allylic oxidation sites excluding steroid dienone is 2. The van der Waals surface area contributed by atoms with E-state index in [1.54, 1.807) is 0 Å². The Morgan fingerprint density at radius 1 is 1.04 bits per heavy atom. The molecular formula is C17H17N3O4. The fourth-order valence-electron chi connectivity index (χ4n) is 3.09. The Hall–Kier alpha value is -2.96. The number of amides is 4. The lowest BCUT2D eigenvalue weighted by molar-refractivity contribution is -0.142. The van der Waals surface area contributed by atoms with Gasteiger partial charge in [0.05, 0.1) is 11.8 Å². The molecule has 0 radical (unpaired) electrons. The molecule has 1 aliphatic carbocycles. The van der Waals surface area contributed by atoms with E-state index in [2.05, 4.69) is 5.32 Å². The van der Waals surface area contributed by atoms with Gasteiger partial charge in [-0.1, -0.05) is 12.2 Å². The van der Waals surface area contributed by atoms with Gasteiger partial charge < -0.3 is 11.1 Å². The first-order valence-electron chi connectivity index (χ1n) is 7.67. The second-order valence-electron chi connectivity index (χ2n) is 5.91. The second kappa shape index (κ2) is 6.27. The molecule has 2 atom stereocenters. The molecule has 2 aliphatic rings. The normalized spacial score (nSPS) is 22.4. The van der Waals surface area contributed by atoms with Gasteiger partial charge in [0.1, 0.15) is 6.54 Å². The number of nitrogens with zero attached hydrogens (tertiary/aromatic N) is 1. The highest BCUT2D eigenvalue weighted by atomic mass is 16.2. The lowest BCUT2D eigenvalue weighted by atomic mass is 9.85. The van der Waals surface area contributed by atoms with Crippen LogP contribution in [0.25, 0.3) is 0 Å². The number of carbonyl (C=O) groups is 4. The third-order valence-electron chi connectivity index (χ3n) is 4.35. The van der Waals surface area contributed by atoms with E-state index in [0.29, 0.717) is 24.1 Å². The Bertz CT molecular complexity index is 713. The van der Waals surface area contributed by atoms with E-state index in [-0.39, 0.29) is 30.2 Å². The first-order chi connectivity index (χ1) is 11.5. The number of likely N-dealkylation sites (tertiary alicyclic amines) is 1. The lowest BCUT2D eigenvalue weighted by Gasteiger charge is -2.14. The third kappa shape index (κ3) is 2.92. The molecule has 124 valence electrons. The number of anilines is 1. The monoisotopic (exact) mass is 327 g/mol. The van der Waals surface area contributed by atoms with Crippen LogP contribution in [0.5, 0.6) is 0 Å². The number of hydrogen-bond donors (Lipinski definition) is 2. The average molecular weight is 327 g/mol. The van der Waals surface area contributed by atoms with E-state index in [4.69, 9.17) is 5.73 Å². The van der Waals surface area contributed by atoms with Crippen molar-refractivity contribution in [2.45, 2.75) is 12.8 Å². The van der Waals surface area contributed by atoms with Crippen LogP contribution in [0.3, 0.4) is 0 Å². The molecule has 7 heteroatoms. The molecule has 1 saturated heterocycles. The Kier molecular flexibility index (Phi) is 4.16. The summed E-state index contributed by atoms with van der Waals surface area (Å²) in [5, 5.41) is 2.60. The summed E-state index contributed by atoms with van der Waals surface area (Å²) in [5.41, 5.74) is 5.94. The molecule has 0 spiro atoms. The van der Waals surface area contributed by atoms with Gasteiger partial charge in [0.25, 0.3) is 0 Å². The number of carbonyl (C=O) groups excluding carboxylic acids is 4. The molecule has 1 aromatic rings. The molecule has 0 saturated carbocycles. The first kappa shape index (κ1) is 15.9. The SMILES string of the molecule is NC(=O)c1ccc(NC(=O)CN2C(=O)[C@@H]3CC=CC[C@H]3C2=O)cc1. The van der Waals surface area contributed by atoms with Gasteiger partial charge in [-0.2, -0.15) is 0 Å². The zero-order chi connectivity index (χ0) is 17.3. The summed E-state index contributed by atoms with van der Waals surface area (Å²) in [6.45, 7) is -0.303. The predicted octanol–water partition coefficient (Wildman–Crippen LogP) is 0.675. The largest absolute Gasteiger partial charge is 0.366 e. The van der Waals surface area contributed by atoms with Crippen molar-refractivity contribution in [1.82, 2.24) is 4.90 Å². The van der Waals surface area contributed by atoms with Gasteiger partial charge in [-0.05, 0) is 37.1 Å². The smallest absolute Gasteiger partial charge is 0.248 e. The van der Waals surface area contributed by atoms with E-state index < -0.39 is 11.8 Å². The van der Waals surface area contributed by atoms with E-state index in [0.717, 1.165) is 4.90 Å². The maximum Gasteiger partial charge on any atom is 0.248 e. The molecule has 4 amide bonds. The molecule has 3 rings (SSSR count). The van der Waals surface area contributed by atoms with Gasteiger partial charge in [-0.25, -0.2) is 0 Å². The van der Waals surface area contributed by atoms with Crippen molar-refractivity contribution in [2.24, 2.45) is 17.6 Å². The highest BCUT2D eigenvalue weighted by molar-refractivity contribution is 6.08.